The molecule has 66 valence electrons. The van der Waals surface area contributed by atoms with Crippen LogP contribution in [0.25, 0.3) is 0 Å². The number of carboxylic acid groups (broad SMARTS) is 1. The van der Waals surface area contributed by atoms with Crippen LogP contribution in [0.15, 0.2) is 0 Å². The Labute approximate surface area is 75.9 Å². The van der Waals surface area contributed by atoms with Crippen molar-refractivity contribution in [2.75, 3.05) is 13.1 Å². The van der Waals surface area contributed by atoms with E-state index < -0.39 is 10.4 Å². The van der Waals surface area contributed by atoms with Gasteiger partial charge in [-0.15, -0.1) is 0 Å². The zero-order chi connectivity index (χ0) is 9.07. The molecule has 11 heavy (non-hydrogen) atoms. The summed E-state index contributed by atoms with van der Waals surface area (Å²) in [4.78, 5) is 11.9. The summed E-state index contributed by atoms with van der Waals surface area (Å²) in [5, 5.41) is 8.57. The van der Waals surface area contributed by atoms with Crippen LogP contribution in [0.5, 0.6) is 0 Å². The van der Waals surface area contributed by atoms with Gasteiger partial charge in [0.1, 0.15) is 0 Å². The van der Waals surface area contributed by atoms with Crippen LogP contribution in [-0.4, -0.2) is 33.5 Å². The number of aliphatic carboxylic acids is 1. The Kier molecular flexibility index (Phi) is 4.14. The Balaban J connectivity index is 4.36. The van der Waals surface area contributed by atoms with Crippen molar-refractivity contribution < 1.29 is 9.90 Å². The Bertz CT molecular complexity index is 146. The fourth-order valence-corrected chi connectivity index (χ4v) is 1.23. The predicted octanol–water partition coefficient (Wildman–Crippen LogP) is 1.54. The Morgan fingerprint density at radius 2 is 1.82 bits per heavy atom. The van der Waals surface area contributed by atoms with Crippen molar-refractivity contribution in [3.63, 3.8) is 0 Å². The summed E-state index contributed by atoms with van der Waals surface area (Å²) < 4.78 is -1.79. The first-order chi connectivity index (χ1) is 4.96. The molecular formula is C6H11Cl2NO2. The Hall–Kier alpha value is 0.01000. The number of carboxylic acids is 1. The molecule has 0 heterocycles. The zero-order valence-electron chi connectivity index (χ0n) is 6.47. The maximum Gasteiger partial charge on any atom is 0.355 e. The molecule has 0 aromatic rings. The molecule has 1 N–H and O–H groups in total. The lowest BCUT2D eigenvalue weighted by molar-refractivity contribution is -0.141. The van der Waals surface area contributed by atoms with Crippen LogP contribution in [0.1, 0.15) is 13.8 Å². The summed E-state index contributed by atoms with van der Waals surface area (Å²) in [6, 6.07) is 0. The SMILES string of the molecule is CCN(CC)C(Cl)(Cl)C(=O)O. The maximum atomic E-state index is 10.5. The van der Waals surface area contributed by atoms with Gasteiger partial charge in [0.25, 0.3) is 4.46 Å². The summed E-state index contributed by atoms with van der Waals surface area (Å²) in [5.74, 6) is -1.23. The lowest BCUT2D eigenvalue weighted by Crippen LogP contribution is -2.45. The third kappa shape index (κ3) is 2.51. The van der Waals surface area contributed by atoms with Crippen LogP contribution in [0, 0.1) is 0 Å². The van der Waals surface area contributed by atoms with Crippen LogP contribution >= 0.6 is 23.2 Å². The fourth-order valence-electron chi connectivity index (χ4n) is 0.756. The molecule has 0 aliphatic carbocycles. The van der Waals surface area contributed by atoms with E-state index in [4.69, 9.17) is 28.3 Å². The van der Waals surface area contributed by atoms with Gasteiger partial charge in [0.15, 0.2) is 0 Å². The number of alkyl halides is 2. The first-order valence-corrected chi connectivity index (χ1v) is 4.08. The van der Waals surface area contributed by atoms with Gasteiger partial charge in [-0.05, 0) is 13.1 Å². The molecule has 0 aromatic carbocycles. The highest BCUT2D eigenvalue weighted by atomic mass is 35.5. The monoisotopic (exact) mass is 199 g/mol. The molecule has 0 aliphatic rings. The number of hydrogen-bond acceptors (Lipinski definition) is 2. The van der Waals surface area contributed by atoms with Gasteiger partial charge >= 0.3 is 5.97 Å². The molecule has 0 fully saturated rings. The molecule has 0 unspecified atom stereocenters. The molecule has 0 aliphatic heterocycles. The normalized spacial score (nSPS) is 12.1. The molecule has 0 saturated carbocycles. The topological polar surface area (TPSA) is 40.5 Å². The maximum absolute atomic E-state index is 10.5. The standard InChI is InChI=1S/C6H11Cl2NO2/c1-3-9(4-2)6(7,8)5(10)11/h3-4H2,1-2H3,(H,10,11). The highest BCUT2D eigenvalue weighted by Gasteiger charge is 2.38. The van der Waals surface area contributed by atoms with E-state index in [0.29, 0.717) is 13.1 Å². The van der Waals surface area contributed by atoms with E-state index in [1.807, 2.05) is 0 Å². The van der Waals surface area contributed by atoms with E-state index in [9.17, 15) is 4.79 Å². The lowest BCUT2D eigenvalue weighted by atomic mass is 10.4. The average molecular weight is 200 g/mol. The van der Waals surface area contributed by atoms with Crippen LogP contribution in [0.4, 0.5) is 0 Å². The molecule has 5 heteroatoms. The molecule has 0 bridgehead atoms. The zero-order valence-corrected chi connectivity index (χ0v) is 7.98. The number of hydrogen-bond donors (Lipinski definition) is 1. The second kappa shape index (κ2) is 4.14. The van der Waals surface area contributed by atoms with Gasteiger partial charge in [0, 0.05) is 0 Å². The van der Waals surface area contributed by atoms with Crippen LogP contribution in [-0.2, 0) is 4.79 Å². The van der Waals surface area contributed by atoms with Crippen molar-refractivity contribution in [1.29, 1.82) is 0 Å². The summed E-state index contributed by atoms with van der Waals surface area (Å²) >= 11 is 11.1. The van der Waals surface area contributed by atoms with Gasteiger partial charge in [0.05, 0.1) is 0 Å². The van der Waals surface area contributed by atoms with Crippen LogP contribution in [0.3, 0.4) is 0 Å². The smallest absolute Gasteiger partial charge is 0.355 e. The van der Waals surface area contributed by atoms with Crippen molar-refractivity contribution in [1.82, 2.24) is 4.90 Å². The number of carbonyl (C=O) groups is 1. The van der Waals surface area contributed by atoms with Crippen molar-refractivity contribution >= 4 is 29.2 Å². The van der Waals surface area contributed by atoms with E-state index in [1.54, 1.807) is 13.8 Å². The van der Waals surface area contributed by atoms with E-state index in [-0.39, 0.29) is 0 Å². The molecule has 0 saturated heterocycles. The fraction of sp³-hybridized carbons (Fsp3) is 0.833. The van der Waals surface area contributed by atoms with E-state index in [2.05, 4.69) is 0 Å². The van der Waals surface area contributed by atoms with Crippen LogP contribution < -0.4 is 0 Å². The minimum atomic E-state index is -1.79. The summed E-state index contributed by atoms with van der Waals surface area (Å²) in [7, 11) is 0. The number of halogens is 2. The van der Waals surface area contributed by atoms with E-state index in [0.717, 1.165) is 0 Å². The molecule has 0 spiro atoms. The lowest BCUT2D eigenvalue weighted by Gasteiger charge is -2.27. The van der Waals surface area contributed by atoms with Gasteiger partial charge in [-0.1, -0.05) is 37.0 Å². The number of rotatable bonds is 4. The molecule has 0 amide bonds. The van der Waals surface area contributed by atoms with E-state index in [1.165, 1.54) is 4.90 Å². The highest BCUT2D eigenvalue weighted by molar-refractivity contribution is 6.56. The first-order valence-electron chi connectivity index (χ1n) is 3.33. The van der Waals surface area contributed by atoms with Crippen molar-refractivity contribution in [3.8, 4) is 0 Å². The van der Waals surface area contributed by atoms with Gasteiger partial charge in [-0.3, -0.25) is 4.90 Å². The third-order valence-corrected chi connectivity index (χ3v) is 2.22. The van der Waals surface area contributed by atoms with Gasteiger partial charge in [-0.25, -0.2) is 4.79 Å². The molecule has 0 radical (unpaired) electrons. The molecule has 0 atom stereocenters. The largest absolute Gasteiger partial charge is 0.478 e. The second-order valence-corrected chi connectivity index (χ2v) is 3.31. The second-order valence-electron chi connectivity index (χ2n) is 2.02. The minimum absolute atomic E-state index is 0.510. The van der Waals surface area contributed by atoms with Crippen molar-refractivity contribution in [2.45, 2.75) is 18.3 Å². The number of likely N-dealkylation sites (N-methyl/N-ethyl adjacent to an activating group) is 1. The molecule has 3 nitrogen and oxygen atoms in total. The average Bonchev–Trinajstić information content (AvgIpc) is 1.89. The molecule has 0 aromatic heterocycles. The highest BCUT2D eigenvalue weighted by Crippen LogP contribution is 2.25. The predicted molar refractivity (Wildman–Crippen MR) is 45.0 cm³/mol. The van der Waals surface area contributed by atoms with Crippen molar-refractivity contribution in [3.05, 3.63) is 0 Å². The van der Waals surface area contributed by atoms with Gasteiger partial charge in [-0.2, -0.15) is 0 Å². The summed E-state index contributed by atoms with van der Waals surface area (Å²) in [6.45, 7) is 4.61. The minimum Gasteiger partial charge on any atom is -0.478 e. The summed E-state index contributed by atoms with van der Waals surface area (Å²) in [6.07, 6.45) is 0. The number of nitrogens with zero attached hydrogens (tertiary/aromatic N) is 1. The molecule has 0 rings (SSSR count). The van der Waals surface area contributed by atoms with Crippen LogP contribution in [0.2, 0.25) is 0 Å². The summed E-state index contributed by atoms with van der Waals surface area (Å²) in [5.41, 5.74) is 0. The first kappa shape index (κ1) is 11.0. The quantitative estimate of drug-likeness (QED) is 0.552. The van der Waals surface area contributed by atoms with Crippen molar-refractivity contribution in [2.24, 2.45) is 0 Å². The Morgan fingerprint density at radius 1 is 1.45 bits per heavy atom. The van der Waals surface area contributed by atoms with Gasteiger partial charge in [0.2, 0.25) is 0 Å². The van der Waals surface area contributed by atoms with E-state index >= 15 is 0 Å². The Morgan fingerprint density at radius 3 is 1.91 bits per heavy atom. The van der Waals surface area contributed by atoms with Gasteiger partial charge < -0.3 is 5.11 Å². The molecular weight excluding hydrogens is 189 g/mol. The third-order valence-electron chi connectivity index (χ3n) is 1.42.